The zero-order valence-corrected chi connectivity index (χ0v) is 10.7. The maximum atomic E-state index is 13.2. The van der Waals surface area contributed by atoms with Crippen molar-refractivity contribution in [1.82, 2.24) is 4.98 Å². The smallest absolute Gasteiger partial charge is 0.125 e. The van der Waals surface area contributed by atoms with E-state index >= 15 is 0 Å². The van der Waals surface area contributed by atoms with Crippen LogP contribution < -0.4 is 5.32 Å². The molecule has 0 fully saturated rings. The van der Waals surface area contributed by atoms with Crippen LogP contribution in [-0.4, -0.2) is 4.98 Å². The summed E-state index contributed by atoms with van der Waals surface area (Å²) in [4.78, 5) is 4.27. The van der Waals surface area contributed by atoms with Gasteiger partial charge in [-0.05, 0) is 42.5 Å². The van der Waals surface area contributed by atoms with E-state index in [4.69, 9.17) is 11.6 Å². The molecular weight excluding hydrogens is 263 g/mol. The number of benzene rings is 2. The molecule has 0 atom stereocenters. The highest BCUT2D eigenvalue weighted by atomic mass is 35.5. The van der Waals surface area contributed by atoms with Crippen molar-refractivity contribution in [2.75, 3.05) is 5.32 Å². The molecule has 0 aliphatic carbocycles. The van der Waals surface area contributed by atoms with Gasteiger partial charge >= 0.3 is 0 Å². The lowest BCUT2D eigenvalue weighted by Crippen LogP contribution is -1.93. The van der Waals surface area contributed by atoms with E-state index in [1.54, 1.807) is 24.4 Å². The van der Waals surface area contributed by atoms with E-state index in [9.17, 15) is 4.39 Å². The van der Waals surface area contributed by atoms with Crippen LogP contribution in [0.1, 0.15) is 0 Å². The van der Waals surface area contributed by atoms with Crippen LogP contribution in [0.15, 0.2) is 54.7 Å². The summed E-state index contributed by atoms with van der Waals surface area (Å²) in [7, 11) is 0. The highest BCUT2D eigenvalue weighted by Gasteiger charge is 2.03. The zero-order chi connectivity index (χ0) is 13.2. The lowest BCUT2D eigenvalue weighted by molar-refractivity contribution is 0.628. The Hall–Kier alpha value is -2.13. The van der Waals surface area contributed by atoms with Crippen molar-refractivity contribution in [3.63, 3.8) is 0 Å². The Labute approximate surface area is 114 Å². The van der Waals surface area contributed by atoms with Crippen LogP contribution in [0.25, 0.3) is 10.9 Å². The van der Waals surface area contributed by atoms with Crippen LogP contribution in [0.4, 0.5) is 15.8 Å². The van der Waals surface area contributed by atoms with Gasteiger partial charge in [-0.1, -0.05) is 17.7 Å². The highest BCUT2D eigenvalue weighted by molar-refractivity contribution is 6.31. The van der Waals surface area contributed by atoms with Crippen molar-refractivity contribution in [2.45, 2.75) is 0 Å². The molecule has 4 heteroatoms. The van der Waals surface area contributed by atoms with Gasteiger partial charge in [-0.3, -0.25) is 4.98 Å². The molecule has 1 heterocycles. The summed E-state index contributed by atoms with van der Waals surface area (Å²) in [5.41, 5.74) is 2.37. The number of hydrogen-bond donors (Lipinski definition) is 1. The quantitative estimate of drug-likeness (QED) is 0.727. The fourth-order valence-corrected chi connectivity index (χ4v) is 2.12. The van der Waals surface area contributed by atoms with Gasteiger partial charge in [-0.25, -0.2) is 4.39 Å². The summed E-state index contributed by atoms with van der Waals surface area (Å²) in [5, 5.41) is 4.72. The average molecular weight is 273 g/mol. The molecule has 0 saturated carbocycles. The third-order valence-corrected chi connectivity index (χ3v) is 3.04. The monoisotopic (exact) mass is 272 g/mol. The number of pyridine rings is 1. The molecule has 0 saturated heterocycles. The first-order chi connectivity index (χ1) is 9.22. The van der Waals surface area contributed by atoms with Crippen LogP contribution in [0.3, 0.4) is 0 Å². The van der Waals surface area contributed by atoms with E-state index in [0.29, 0.717) is 10.7 Å². The van der Waals surface area contributed by atoms with Crippen LogP contribution in [0.2, 0.25) is 5.02 Å². The first-order valence-corrected chi connectivity index (χ1v) is 6.17. The summed E-state index contributed by atoms with van der Waals surface area (Å²) in [6, 6.07) is 13.6. The molecule has 2 aromatic carbocycles. The predicted octanol–water partition coefficient (Wildman–Crippen LogP) is 4.77. The number of fused-ring (bicyclic) bond motifs is 1. The third kappa shape index (κ3) is 2.51. The lowest BCUT2D eigenvalue weighted by Gasteiger charge is -2.09. The van der Waals surface area contributed by atoms with E-state index in [1.807, 2.05) is 18.2 Å². The second-order valence-electron chi connectivity index (χ2n) is 4.16. The fraction of sp³-hybridized carbons (Fsp3) is 0. The van der Waals surface area contributed by atoms with E-state index in [2.05, 4.69) is 10.3 Å². The van der Waals surface area contributed by atoms with Crippen LogP contribution in [0, 0.1) is 5.82 Å². The van der Waals surface area contributed by atoms with Crippen molar-refractivity contribution in [2.24, 2.45) is 0 Å². The van der Waals surface area contributed by atoms with Crippen molar-refractivity contribution in [3.05, 3.63) is 65.6 Å². The second-order valence-corrected chi connectivity index (χ2v) is 4.59. The van der Waals surface area contributed by atoms with Gasteiger partial charge in [0.1, 0.15) is 5.82 Å². The molecule has 94 valence electrons. The molecule has 0 unspecified atom stereocenters. The molecule has 1 aromatic heterocycles. The molecule has 1 N–H and O–H groups in total. The van der Waals surface area contributed by atoms with Crippen molar-refractivity contribution in [3.8, 4) is 0 Å². The Kier molecular flexibility index (Phi) is 3.05. The Morgan fingerprint density at radius 1 is 1.05 bits per heavy atom. The topological polar surface area (TPSA) is 24.9 Å². The van der Waals surface area contributed by atoms with Gasteiger partial charge < -0.3 is 5.32 Å². The largest absolute Gasteiger partial charge is 0.355 e. The Morgan fingerprint density at radius 3 is 2.79 bits per heavy atom. The van der Waals surface area contributed by atoms with Gasteiger partial charge in [0.15, 0.2) is 0 Å². The van der Waals surface area contributed by atoms with Crippen LogP contribution in [0.5, 0.6) is 0 Å². The number of nitrogens with zero attached hydrogens (tertiary/aromatic N) is 1. The number of halogens is 2. The summed E-state index contributed by atoms with van der Waals surface area (Å²) in [6.45, 7) is 0. The van der Waals surface area contributed by atoms with E-state index in [-0.39, 0.29) is 5.82 Å². The summed E-state index contributed by atoms with van der Waals surface area (Å²) in [6.07, 6.45) is 1.71. The number of hydrogen-bond acceptors (Lipinski definition) is 2. The minimum Gasteiger partial charge on any atom is -0.355 e. The second kappa shape index (κ2) is 4.86. The minimum absolute atomic E-state index is 0.276. The zero-order valence-electron chi connectivity index (χ0n) is 9.90. The van der Waals surface area contributed by atoms with Gasteiger partial charge in [0.2, 0.25) is 0 Å². The molecule has 0 aliphatic heterocycles. The van der Waals surface area contributed by atoms with E-state index in [1.165, 1.54) is 12.1 Å². The molecule has 0 amide bonds. The Bertz CT molecular complexity index is 743. The summed E-state index contributed by atoms with van der Waals surface area (Å²) >= 11 is 6.00. The molecule has 3 rings (SSSR count). The van der Waals surface area contributed by atoms with E-state index in [0.717, 1.165) is 16.6 Å². The van der Waals surface area contributed by atoms with Gasteiger partial charge in [-0.15, -0.1) is 0 Å². The highest BCUT2D eigenvalue weighted by Crippen LogP contribution is 2.27. The normalized spacial score (nSPS) is 10.6. The Morgan fingerprint density at radius 2 is 1.95 bits per heavy atom. The number of anilines is 2. The minimum atomic E-state index is -0.276. The summed E-state index contributed by atoms with van der Waals surface area (Å²) in [5.74, 6) is -0.276. The molecule has 0 bridgehead atoms. The summed E-state index contributed by atoms with van der Waals surface area (Å²) < 4.78 is 13.2. The number of nitrogens with one attached hydrogen (secondary N) is 1. The molecule has 0 spiro atoms. The molecule has 0 aliphatic rings. The molecule has 2 nitrogen and oxygen atoms in total. The predicted molar refractivity (Wildman–Crippen MR) is 76.4 cm³/mol. The van der Waals surface area contributed by atoms with Crippen molar-refractivity contribution < 1.29 is 4.39 Å². The molecular formula is C15H10ClFN2. The molecule has 3 aromatic rings. The van der Waals surface area contributed by atoms with Crippen molar-refractivity contribution >= 4 is 33.9 Å². The maximum Gasteiger partial charge on any atom is 0.125 e. The van der Waals surface area contributed by atoms with Gasteiger partial charge in [0.25, 0.3) is 0 Å². The fourth-order valence-electron chi connectivity index (χ4n) is 1.95. The average Bonchev–Trinajstić information content (AvgIpc) is 2.39. The first kappa shape index (κ1) is 11.9. The van der Waals surface area contributed by atoms with Gasteiger partial charge in [-0.2, -0.15) is 0 Å². The van der Waals surface area contributed by atoms with Gasteiger partial charge in [0.05, 0.1) is 5.52 Å². The molecule has 0 radical (unpaired) electrons. The molecule has 19 heavy (non-hydrogen) atoms. The van der Waals surface area contributed by atoms with Crippen LogP contribution >= 0.6 is 11.6 Å². The standard InChI is InChI=1S/C15H10ClFN2/c16-10-4-5-14-13(8-10)15(6-7-18-14)19-12-3-1-2-11(17)9-12/h1-9H,(H,18,19). The Balaban J connectivity index is 2.07. The first-order valence-electron chi connectivity index (χ1n) is 5.79. The third-order valence-electron chi connectivity index (χ3n) is 2.81. The lowest BCUT2D eigenvalue weighted by atomic mass is 10.2. The van der Waals surface area contributed by atoms with Crippen LogP contribution in [-0.2, 0) is 0 Å². The SMILES string of the molecule is Fc1cccc(Nc2ccnc3ccc(Cl)cc23)c1. The number of rotatable bonds is 2. The van der Waals surface area contributed by atoms with E-state index < -0.39 is 0 Å². The van der Waals surface area contributed by atoms with Gasteiger partial charge in [0, 0.05) is 28.0 Å². The van der Waals surface area contributed by atoms with Crippen molar-refractivity contribution in [1.29, 1.82) is 0 Å². The number of aromatic nitrogens is 1. The maximum absolute atomic E-state index is 13.2.